The second-order valence-electron chi connectivity index (χ2n) is 6.79. The molecule has 0 saturated heterocycles. The third kappa shape index (κ3) is 5.44. The quantitative estimate of drug-likeness (QED) is 0.472. The number of ketones is 1. The number of hydrogen-bond acceptors (Lipinski definition) is 5. The van der Waals surface area contributed by atoms with Crippen LogP contribution in [0.15, 0.2) is 59.8 Å². The van der Waals surface area contributed by atoms with Crippen molar-refractivity contribution < 1.29 is 23.9 Å². The molecule has 8 heteroatoms. The van der Waals surface area contributed by atoms with Gasteiger partial charge < -0.3 is 20.1 Å². The average Bonchev–Trinajstić information content (AvgIpc) is 2.77. The third-order valence-electron chi connectivity index (χ3n) is 4.73. The minimum Gasteiger partial charge on any atom is -0.487 e. The first-order valence-electron chi connectivity index (χ1n) is 9.92. The van der Waals surface area contributed by atoms with Gasteiger partial charge in [-0.3, -0.25) is 4.79 Å². The molecule has 1 aliphatic rings. The van der Waals surface area contributed by atoms with Gasteiger partial charge in [0.15, 0.2) is 5.78 Å². The van der Waals surface area contributed by atoms with Crippen molar-refractivity contribution in [2.24, 2.45) is 0 Å². The number of Topliss-reactive ketones (excluding diaryl/α,β-unsaturated/α-hetero) is 1. The highest BCUT2D eigenvalue weighted by molar-refractivity contribution is 6.30. The van der Waals surface area contributed by atoms with Crippen LogP contribution < -0.4 is 15.4 Å². The molecule has 1 unspecified atom stereocenters. The number of amides is 2. The van der Waals surface area contributed by atoms with Crippen LogP contribution in [0, 0.1) is 0 Å². The highest BCUT2D eigenvalue weighted by Gasteiger charge is 2.34. The van der Waals surface area contributed by atoms with Gasteiger partial charge in [0, 0.05) is 17.0 Å². The Morgan fingerprint density at radius 3 is 2.32 bits per heavy atom. The molecule has 162 valence electrons. The molecule has 7 nitrogen and oxygen atoms in total. The van der Waals surface area contributed by atoms with Crippen LogP contribution in [0.1, 0.15) is 42.2 Å². The zero-order valence-corrected chi connectivity index (χ0v) is 18.0. The fraction of sp³-hybridized carbons (Fsp3) is 0.261. The summed E-state index contributed by atoms with van der Waals surface area (Å²) in [6.07, 6.45) is 0.418. The lowest BCUT2D eigenvalue weighted by molar-refractivity contribution is -0.139. The van der Waals surface area contributed by atoms with E-state index in [0.717, 1.165) is 0 Å². The number of halogens is 1. The molecule has 2 aromatic rings. The number of ether oxygens (including phenoxy) is 2. The Labute approximate surface area is 185 Å². The molecular weight excluding hydrogens is 420 g/mol. The fourth-order valence-electron chi connectivity index (χ4n) is 3.18. The molecule has 0 aromatic heterocycles. The molecular formula is C23H23ClN2O5. The van der Waals surface area contributed by atoms with Crippen molar-refractivity contribution in [1.82, 2.24) is 10.6 Å². The van der Waals surface area contributed by atoms with Crippen LogP contribution in [0.5, 0.6) is 5.75 Å². The Morgan fingerprint density at radius 1 is 1.03 bits per heavy atom. The van der Waals surface area contributed by atoms with Gasteiger partial charge in [0.2, 0.25) is 0 Å². The molecule has 0 radical (unpaired) electrons. The molecule has 0 saturated carbocycles. The van der Waals surface area contributed by atoms with Gasteiger partial charge in [-0.15, -0.1) is 0 Å². The Balaban J connectivity index is 1.89. The highest BCUT2D eigenvalue weighted by atomic mass is 35.5. The molecule has 0 bridgehead atoms. The Bertz CT molecular complexity index is 1000. The van der Waals surface area contributed by atoms with Gasteiger partial charge in [0.05, 0.1) is 23.9 Å². The summed E-state index contributed by atoms with van der Waals surface area (Å²) in [5.74, 6) is -0.0214. The molecule has 3 rings (SSSR count). The lowest BCUT2D eigenvalue weighted by atomic mass is 9.95. The Morgan fingerprint density at radius 2 is 1.71 bits per heavy atom. The predicted octanol–water partition coefficient (Wildman–Crippen LogP) is 4.18. The van der Waals surface area contributed by atoms with Gasteiger partial charge in [0.1, 0.15) is 12.4 Å². The lowest BCUT2D eigenvalue weighted by Gasteiger charge is -2.29. The maximum Gasteiger partial charge on any atom is 0.338 e. The van der Waals surface area contributed by atoms with E-state index in [9.17, 15) is 14.4 Å². The number of esters is 1. The number of urea groups is 1. The summed E-state index contributed by atoms with van der Waals surface area (Å²) >= 11 is 5.97. The van der Waals surface area contributed by atoms with Crippen molar-refractivity contribution in [2.75, 3.05) is 13.2 Å². The van der Waals surface area contributed by atoms with E-state index in [4.69, 9.17) is 21.1 Å². The number of benzene rings is 2. The van der Waals surface area contributed by atoms with Gasteiger partial charge in [0.25, 0.3) is 0 Å². The van der Waals surface area contributed by atoms with Crippen molar-refractivity contribution in [3.05, 3.63) is 76.0 Å². The zero-order valence-electron chi connectivity index (χ0n) is 17.2. The van der Waals surface area contributed by atoms with Gasteiger partial charge in [-0.2, -0.15) is 0 Å². The van der Waals surface area contributed by atoms with Crippen molar-refractivity contribution in [3.8, 4) is 5.75 Å². The largest absolute Gasteiger partial charge is 0.487 e. The minimum atomic E-state index is -0.715. The maximum absolute atomic E-state index is 12.7. The van der Waals surface area contributed by atoms with Crippen LogP contribution in [-0.4, -0.2) is 31.0 Å². The molecule has 1 heterocycles. The van der Waals surface area contributed by atoms with E-state index in [1.807, 2.05) is 0 Å². The van der Waals surface area contributed by atoms with Gasteiger partial charge in [-0.25, -0.2) is 9.59 Å². The molecule has 2 amide bonds. The van der Waals surface area contributed by atoms with Crippen LogP contribution in [-0.2, 0) is 9.53 Å². The molecule has 2 aromatic carbocycles. The smallest absolute Gasteiger partial charge is 0.338 e. The first-order valence-corrected chi connectivity index (χ1v) is 10.3. The maximum atomic E-state index is 12.7. The second-order valence-corrected chi connectivity index (χ2v) is 7.22. The minimum absolute atomic E-state index is 0.0373. The average molecular weight is 443 g/mol. The summed E-state index contributed by atoms with van der Waals surface area (Å²) in [5, 5.41) is 5.94. The van der Waals surface area contributed by atoms with E-state index in [-0.39, 0.29) is 24.6 Å². The highest BCUT2D eigenvalue weighted by Crippen LogP contribution is 2.29. The number of carbonyl (C=O) groups is 3. The normalized spacial score (nSPS) is 15.7. The lowest BCUT2D eigenvalue weighted by Crippen LogP contribution is -2.47. The zero-order chi connectivity index (χ0) is 22.4. The van der Waals surface area contributed by atoms with Crippen molar-refractivity contribution in [3.63, 3.8) is 0 Å². The molecule has 0 spiro atoms. The Kier molecular flexibility index (Phi) is 7.31. The van der Waals surface area contributed by atoms with Crippen LogP contribution in [0.25, 0.3) is 0 Å². The van der Waals surface area contributed by atoms with Crippen LogP contribution in [0.2, 0.25) is 5.02 Å². The topological polar surface area (TPSA) is 93.7 Å². The van der Waals surface area contributed by atoms with E-state index in [0.29, 0.717) is 34.0 Å². The molecule has 1 atom stereocenters. The molecule has 0 fully saturated rings. The van der Waals surface area contributed by atoms with E-state index < -0.39 is 18.0 Å². The van der Waals surface area contributed by atoms with E-state index >= 15 is 0 Å². The SMILES string of the molecule is CCOC(=O)C1=C(COc2ccc(C(=O)CC)cc2)NC(=O)NC1c1ccc(Cl)cc1. The molecule has 1 aliphatic heterocycles. The van der Waals surface area contributed by atoms with E-state index in [2.05, 4.69) is 10.6 Å². The third-order valence-corrected chi connectivity index (χ3v) is 4.98. The van der Waals surface area contributed by atoms with Crippen molar-refractivity contribution in [2.45, 2.75) is 26.3 Å². The van der Waals surface area contributed by atoms with Gasteiger partial charge in [-0.05, 0) is 48.9 Å². The summed E-state index contributed by atoms with van der Waals surface area (Å²) < 4.78 is 11.0. The standard InChI is InChI=1S/C23H23ClN2O5/c1-3-19(27)14-7-11-17(12-8-14)31-13-18-20(22(28)30-4-2)21(26-23(29)25-18)15-5-9-16(24)10-6-15/h5-12,21H,3-4,13H2,1-2H3,(H2,25,26,29). The molecule has 31 heavy (non-hydrogen) atoms. The molecule has 2 N–H and O–H groups in total. The molecule has 0 aliphatic carbocycles. The number of hydrogen-bond donors (Lipinski definition) is 2. The van der Waals surface area contributed by atoms with E-state index in [1.165, 1.54) is 0 Å². The summed E-state index contributed by atoms with van der Waals surface area (Å²) in [5.41, 5.74) is 1.83. The summed E-state index contributed by atoms with van der Waals surface area (Å²) in [7, 11) is 0. The predicted molar refractivity (Wildman–Crippen MR) is 116 cm³/mol. The number of rotatable bonds is 8. The van der Waals surface area contributed by atoms with Crippen LogP contribution in [0.4, 0.5) is 4.79 Å². The van der Waals surface area contributed by atoms with Crippen molar-refractivity contribution >= 4 is 29.4 Å². The second kappa shape index (κ2) is 10.1. The monoisotopic (exact) mass is 442 g/mol. The Hall–Kier alpha value is -3.32. The summed E-state index contributed by atoms with van der Waals surface area (Å²) in [4.78, 5) is 36.8. The first kappa shape index (κ1) is 22.4. The number of carbonyl (C=O) groups excluding carboxylic acids is 3. The summed E-state index contributed by atoms with van der Waals surface area (Å²) in [6.45, 7) is 3.63. The van der Waals surface area contributed by atoms with Crippen LogP contribution >= 0.6 is 11.6 Å². The van der Waals surface area contributed by atoms with Crippen LogP contribution in [0.3, 0.4) is 0 Å². The first-order chi connectivity index (χ1) is 14.9. The summed E-state index contributed by atoms with van der Waals surface area (Å²) in [6, 6.07) is 12.4. The van der Waals surface area contributed by atoms with Gasteiger partial charge >= 0.3 is 12.0 Å². The fourth-order valence-corrected chi connectivity index (χ4v) is 3.31. The van der Waals surface area contributed by atoms with E-state index in [1.54, 1.807) is 62.4 Å². The number of nitrogens with one attached hydrogen (secondary N) is 2. The van der Waals surface area contributed by atoms with Crippen molar-refractivity contribution in [1.29, 1.82) is 0 Å². The van der Waals surface area contributed by atoms with Gasteiger partial charge in [-0.1, -0.05) is 30.7 Å².